The minimum absolute atomic E-state index is 0.0513. The van der Waals surface area contributed by atoms with E-state index in [0.717, 1.165) is 24.1 Å². The molecule has 0 aliphatic carbocycles. The van der Waals surface area contributed by atoms with Crippen LogP contribution in [0.4, 0.5) is 13.2 Å². The monoisotopic (exact) mass is 430 g/mol. The number of carbonyl (C=O) groups is 1. The van der Waals surface area contributed by atoms with Crippen LogP contribution in [0.3, 0.4) is 0 Å². The molecule has 2 N–H and O–H groups in total. The highest BCUT2D eigenvalue weighted by Gasteiger charge is 2.38. The number of amides is 1. The molecule has 0 saturated carbocycles. The number of aromatic nitrogens is 3. The van der Waals surface area contributed by atoms with E-state index in [2.05, 4.69) is 15.1 Å². The summed E-state index contributed by atoms with van der Waals surface area (Å²) >= 11 is 0.838. The molecule has 2 aromatic rings. The maximum absolute atomic E-state index is 12.7. The van der Waals surface area contributed by atoms with Gasteiger partial charge in [0.25, 0.3) is 5.82 Å². The van der Waals surface area contributed by atoms with Gasteiger partial charge in [-0.3, -0.25) is 9.69 Å². The van der Waals surface area contributed by atoms with Crippen molar-refractivity contribution in [3.63, 3.8) is 0 Å². The van der Waals surface area contributed by atoms with Gasteiger partial charge >= 0.3 is 6.18 Å². The number of thioether (sulfide) groups is 1. The third-order valence-corrected chi connectivity index (χ3v) is 5.32. The molecule has 1 aromatic heterocycles. The largest absolute Gasteiger partial charge is 0.492 e. The van der Waals surface area contributed by atoms with Crippen molar-refractivity contribution in [2.24, 2.45) is 0 Å². The van der Waals surface area contributed by atoms with E-state index in [4.69, 9.17) is 10.6 Å². The number of rotatable bonds is 7. The Morgan fingerprint density at radius 1 is 1.14 bits per heavy atom. The Hall–Kier alpha value is -2.47. The third-order valence-electron chi connectivity index (χ3n) is 4.39. The molecule has 1 aliphatic heterocycles. The first-order valence-electron chi connectivity index (χ1n) is 8.93. The number of hydrogen-bond acceptors (Lipinski definition) is 7. The van der Waals surface area contributed by atoms with Gasteiger partial charge < -0.3 is 15.5 Å². The zero-order chi connectivity index (χ0) is 20.9. The van der Waals surface area contributed by atoms with Crippen LogP contribution in [-0.2, 0) is 11.0 Å². The fourth-order valence-electron chi connectivity index (χ4n) is 2.82. The molecule has 2 heterocycles. The van der Waals surface area contributed by atoms with Crippen molar-refractivity contribution in [1.29, 1.82) is 0 Å². The van der Waals surface area contributed by atoms with E-state index in [-0.39, 0.29) is 16.8 Å². The summed E-state index contributed by atoms with van der Waals surface area (Å²) in [6.45, 7) is 3.82. The summed E-state index contributed by atoms with van der Waals surface area (Å²) in [5.41, 5.74) is 0. The Bertz CT molecular complexity index is 809. The lowest BCUT2D eigenvalue weighted by Gasteiger charge is -2.34. The summed E-state index contributed by atoms with van der Waals surface area (Å²) < 4.78 is 44.1. The third kappa shape index (κ3) is 5.76. The SMILES string of the molecule is Nn1c(SCC(=O)N2CCN(CCOc3ccccc3)CC2)nnc1C(F)(F)F. The summed E-state index contributed by atoms with van der Waals surface area (Å²) in [6, 6.07) is 9.54. The van der Waals surface area contributed by atoms with Crippen LogP contribution >= 0.6 is 11.8 Å². The summed E-state index contributed by atoms with van der Waals surface area (Å²) in [4.78, 5) is 16.2. The smallest absolute Gasteiger partial charge is 0.453 e. The molecule has 0 spiro atoms. The van der Waals surface area contributed by atoms with Crippen molar-refractivity contribution in [3.8, 4) is 5.75 Å². The molecular formula is C17H21F3N6O2S. The summed E-state index contributed by atoms with van der Waals surface area (Å²) in [5, 5.41) is 6.29. The lowest BCUT2D eigenvalue weighted by molar-refractivity contribution is -0.146. The van der Waals surface area contributed by atoms with Crippen LogP contribution in [0.25, 0.3) is 0 Å². The molecule has 1 saturated heterocycles. The molecule has 1 fully saturated rings. The van der Waals surface area contributed by atoms with Crippen molar-refractivity contribution in [2.75, 3.05) is 50.9 Å². The Labute approximate surface area is 169 Å². The molecular weight excluding hydrogens is 409 g/mol. The van der Waals surface area contributed by atoms with Gasteiger partial charge in [0.05, 0.1) is 5.75 Å². The van der Waals surface area contributed by atoms with Crippen LogP contribution in [0, 0.1) is 0 Å². The number of alkyl halides is 3. The summed E-state index contributed by atoms with van der Waals surface area (Å²) in [5.74, 6) is 4.67. The van der Waals surface area contributed by atoms with Gasteiger partial charge in [0, 0.05) is 32.7 Å². The quantitative estimate of drug-likeness (QED) is 0.524. The van der Waals surface area contributed by atoms with Gasteiger partial charge in [0.1, 0.15) is 12.4 Å². The number of benzene rings is 1. The van der Waals surface area contributed by atoms with Gasteiger partial charge in [-0.15, -0.1) is 10.2 Å². The maximum atomic E-state index is 12.7. The molecule has 0 bridgehead atoms. The van der Waals surface area contributed by atoms with Crippen molar-refractivity contribution < 1.29 is 22.7 Å². The fourth-order valence-corrected chi connectivity index (χ4v) is 3.58. The van der Waals surface area contributed by atoms with Gasteiger partial charge in [0.2, 0.25) is 11.1 Å². The van der Waals surface area contributed by atoms with E-state index in [1.807, 2.05) is 30.3 Å². The molecule has 0 radical (unpaired) electrons. The van der Waals surface area contributed by atoms with Gasteiger partial charge in [0.15, 0.2) is 0 Å². The number of ether oxygens (including phenoxy) is 1. The standard InChI is InChI=1S/C17H21F3N6O2S/c18-17(19,20)15-22-23-16(26(15)21)29-12-14(27)25-8-6-24(7-9-25)10-11-28-13-4-2-1-3-5-13/h1-5H,6-12,21H2. The number of nitrogens with two attached hydrogens (primary N) is 1. The summed E-state index contributed by atoms with van der Waals surface area (Å²) in [6.07, 6.45) is -4.69. The number of nitrogens with zero attached hydrogens (tertiary/aromatic N) is 5. The highest BCUT2D eigenvalue weighted by atomic mass is 32.2. The van der Waals surface area contributed by atoms with Gasteiger partial charge in [-0.25, -0.2) is 4.68 Å². The first kappa shape index (κ1) is 21.2. The molecule has 1 amide bonds. The number of para-hydroxylation sites is 1. The van der Waals surface area contributed by atoms with Crippen LogP contribution in [0.2, 0.25) is 0 Å². The van der Waals surface area contributed by atoms with E-state index in [1.54, 1.807) is 4.90 Å². The molecule has 158 valence electrons. The molecule has 8 nitrogen and oxygen atoms in total. The topological polar surface area (TPSA) is 89.5 Å². The molecule has 3 rings (SSSR count). The molecule has 12 heteroatoms. The number of carbonyl (C=O) groups excluding carboxylic acids is 1. The van der Waals surface area contributed by atoms with E-state index < -0.39 is 12.0 Å². The molecule has 0 unspecified atom stereocenters. The normalized spacial score (nSPS) is 15.5. The highest BCUT2D eigenvalue weighted by molar-refractivity contribution is 7.99. The van der Waals surface area contributed by atoms with Crippen molar-refractivity contribution in [2.45, 2.75) is 11.3 Å². The predicted octanol–water partition coefficient (Wildman–Crippen LogP) is 1.33. The zero-order valence-corrected chi connectivity index (χ0v) is 16.3. The molecule has 0 atom stereocenters. The van der Waals surface area contributed by atoms with Crippen molar-refractivity contribution in [1.82, 2.24) is 24.7 Å². The van der Waals surface area contributed by atoms with Crippen LogP contribution in [0.5, 0.6) is 5.75 Å². The minimum Gasteiger partial charge on any atom is -0.492 e. The second-order valence-electron chi connectivity index (χ2n) is 6.35. The van der Waals surface area contributed by atoms with Crippen molar-refractivity contribution in [3.05, 3.63) is 36.2 Å². The number of halogens is 3. The van der Waals surface area contributed by atoms with Gasteiger partial charge in [-0.05, 0) is 12.1 Å². The molecule has 1 aliphatic rings. The Kier molecular flexibility index (Phi) is 6.85. The van der Waals surface area contributed by atoms with Crippen LogP contribution in [0.1, 0.15) is 5.82 Å². The second kappa shape index (κ2) is 9.35. The summed E-state index contributed by atoms with van der Waals surface area (Å²) in [7, 11) is 0. The lowest BCUT2D eigenvalue weighted by atomic mass is 10.3. The Balaban J connectivity index is 1.38. The highest BCUT2D eigenvalue weighted by Crippen LogP contribution is 2.28. The van der Waals surface area contributed by atoms with Gasteiger partial charge in [-0.2, -0.15) is 13.2 Å². The second-order valence-corrected chi connectivity index (χ2v) is 7.29. The van der Waals surface area contributed by atoms with E-state index >= 15 is 0 Å². The zero-order valence-electron chi connectivity index (χ0n) is 15.5. The predicted molar refractivity (Wildman–Crippen MR) is 101 cm³/mol. The first-order valence-corrected chi connectivity index (χ1v) is 9.91. The van der Waals surface area contributed by atoms with E-state index in [1.165, 1.54) is 0 Å². The van der Waals surface area contributed by atoms with Crippen molar-refractivity contribution >= 4 is 17.7 Å². The minimum atomic E-state index is -4.69. The number of nitrogen functional groups attached to an aromatic ring is 1. The van der Waals surface area contributed by atoms with Crippen LogP contribution < -0.4 is 10.6 Å². The fraction of sp³-hybridized carbons (Fsp3) is 0.471. The maximum Gasteiger partial charge on any atom is 0.453 e. The van der Waals surface area contributed by atoms with Gasteiger partial charge in [-0.1, -0.05) is 30.0 Å². The molecule has 1 aromatic carbocycles. The van der Waals surface area contributed by atoms with E-state index in [0.29, 0.717) is 37.5 Å². The van der Waals surface area contributed by atoms with E-state index in [9.17, 15) is 18.0 Å². The average Bonchev–Trinajstić information content (AvgIpc) is 3.08. The number of hydrogen-bond donors (Lipinski definition) is 1. The molecule has 29 heavy (non-hydrogen) atoms. The number of piperazine rings is 1. The van der Waals surface area contributed by atoms with Crippen LogP contribution in [-0.4, -0.2) is 75.7 Å². The first-order chi connectivity index (χ1) is 13.8. The average molecular weight is 430 g/mol. The Morgan fingerprint density at radius 3 is 2.45 bits per heavy atom. The lowest BCUT2D eigenvalue weighted by Crippen LogP contribution is -2.50. The van der Waals surface area contributed by atoms with Crippen LogP contribution in [0.15, 0.2) is 35.5 Å². The Morgan fingerprint density at radius 2 is 1.83 bits per heavy atom.